The Morgan fingerprint density at radius 3 is 1.67 bits per heavy atom. The minimum atomic E-state index is 0. The Kier molecular flexibility index (Phi) is 5.49. The largest absolute Gasteiger partial charge is 1.00 e. The van der Waals surface area contributed by atoms with Crippen LogP contribution in [-0.4, -0.2) is 0 Å². The fourth-order valence-electron chi connectivity index (χ4n) is 0.248. The summed E-state index contributed by atoms with van der Waals surface area (Å²) in [6.07, 6.45) is 3.50. The number of hydrogen-bond donors (Lipinski definition) is 0. The molecule has 0 fully saturated rings. The predicted octanol–water partition coefficient (Wildman–Crippen LogP) is -2.35. The molecule has 1 heterocycles. The second-order valence-corrected chi connectivity index (χ2v) is 0.832. The Labute approximate surface area is 95.9 Å². The minimum Gasteiger partial charge on any atom is -0.670 e. The number of hydrogen-bond acceptors (Lipinski definition) is 0. The monoisotopic (exact) mass is 199 g/mol. The second-order valence-electron chi connectivity index (χ2n) is 0.832. The Morgan fingerprint density at radius 2 is 1.50 bits per heavy atom. The molecule has 0 aliphatic heterocycles. The molecular weight excluding hydrogens is 195 g/mol. The van der Waals surface area contributed by atoms with Crippen molar-refractivity contribution >= 4 is 0 Å². The molecule has 0 bridgehead atoms. The quantitative estimate of drug-likeness (QED) is 0.456. The van der Waals surface area contributed by atoms with E-state index in [2.05, 4.69) is 4.98 Å². The number of nitrogens with zero attached hydrogens (tertiary/aromatic N) is 1. The molecule has 0 N–H and O–H groups in total. The molecule has 0 aliphatic carbocycles. The number of rotatable bonds is 0. The summed E-state index contributed by atoms with van der Waals surface area (Å²) in [5.41, 5.74) is 0. The molecule has 6 heavy (non-hydrogen) atoms. The molecule has 0 radical (unpaired) electrons. The molecule has 26 valence electrons. The third kappa shape index (κ3) is 2.50. The zero-order valence-electron chi connectivity index (χ0n) is 3.76. The van der Waals surface area contributed by atoms with E-state index in [9.17, 15) is 0 Å². The standard InChI is InChI=1S/C4H4N.Cs/c1-2-4-5-3-1;/h1-4H;/q-1;+1. The van der Waals surface area contributed by atoms with Crippen LogP contribution in [0.1, 0.15) is 0 Å². The molecule has 1 aromatic heterocycles. The average molecular weight is 199 g/mol. The van der Waals surface area contributed by atoms with Crippen molar-refractivity contribution in [2.45, 2.75) is 0 Å². The molecule has 0 aliphatic rings. The van der Waals surface area contributed by atoms with Crippen molar-refractivity contribution in [3.63, 3.8) is 0 Å². The summed E-state index contributed by atoms with van der Waals surface area (Å²) in [7, 11) is 0. The van der Waals surface area contributed by atoms with E-state index in [1.54, 1.807) is 12.4 Å². The van der Waals surface area contributed by atoms with E-state index in [-0.39, 0.29) is 68.9 Å². The van der Waals surface area contributed by atoms with Crippen molar-refractivity contribution in [3.8, 4) is 0 Å². The minimum absolute atomic E-state index is 0. The maximum atomic E-state index is 3.72. The van der Waals surface area contributed by atoms with Crippen molar-refractivity contribution in [2.75, 3.05) is 0 Å². The van der Waals surface area contributed by atoms with Gasteiger partial charge in [0, 0.05) is 0 Å². The zero-order chi connectivity index (χ0) is 3.54. The van der Waals surface area contributed by atoms with Gasteiger partial charge in [-0.3, -0.25) is 0 Å². The van der Waals surface area contributed by atoms with Gasteiger partial charge in [-0.2, -0.15) is 12.4 Å². The normalized spacial score (nSPS) is 6.67. The molecule has 0 saturated heterocycles. The first-order valence-corrected chi connectivity index (χ1v) is 1.52. The molecule has 2 heteroatoms. The molecule has 0 atom stereocenters. The van der Waals surface area contributed by atoms with E-state index < -0.39 is 0 Å². The van der Waals surface area contributed by atoms with Crippen LogP contribution >= 0.6 is 0 Å². The molecule has 0 aromatic carbocycles. The molecule has 0 saturated carbocycles. The second kappa shape index (κ2) is 4.49. The Balaban J connectivity index is 0.000000250. The first-order valence-electron chi connectivity index (χ1n) is 1.52. The smallest absolute Gasteiger partial charge is 0.670 e. The predicted molar refractivity (Wildman–Crippen MR) is 19.8 cm³/mol. The molecule has 1 rings (SSSR count). The van der Waals surface area contributed by atoms with Crippen LogP contribution in [0.2, 0.25) is 0 Å². The van der Waals surface area contributed by atoms with Crippen molar-refractivity contribution in [3.05, 3.63) is 24.5 Å². The maximum Gasteiger partial charge on any atom is 1.00 e. The fraction of sp³-hybridized carbons (Fsp3) is 0. The van der Waals surface area contributed by atoms with Crippen LogP contribution in [0.25, 0.3) is 0 Å². The Morgan fingerprint density at radius 1 is 1.00 bits per heavy atom. The van der Waals surface area contributed by atoms with Crippen LogP contribution < -0.4 is 73.9 Å². The van der Waals surface area contributed by atoms with E-state index >= 15 is 0 Å². The fourth-order valence-corrected chi connectivity index (χ4v) is 0.248. The summed E-state index contributed by atoms with van der Waals surface area (Å²) in [5.74, 6) is 0. The van der Waals surface area contributed by atoms with E-state index in [0.717, 1.165) is 0 Å². The zero-order valence-corrected chi connectivity index (χ0v) is 10.0. The summed E-state index contributed by atoms with van der Waals surface area (Å²) >= 11 is 0. The topological polar surface area (TPSA) is 14.1 Å². The van der Waals surface area contributed by atoms with Crippen molar-refractivity contribution in [1.82, 2.24) is 4.98 Å². The van der Waals surface area contributed by atoms with Gasteiger partial charge in [0.1, 0.15) is 0 Å². The van der Waals surface area contributed by atoms with E-state index in [1.807, 2.05) is 12.1 Å². The molecule has 1 nitrogen and oxygen atoms in total. The Bertz CT molecular complexity index is 64.0. The van der Waals surface area contributed by atoms with E-state index in [1.165, 1.54) is 0 Å². The summed E-state index contributed by atoms with van der Waals surface area (Å²) in [5, 5.41) is 0. The van der Waals surface area contributed by atoms with Crippen LogP contribution in [-0.2, 0) is 0 Å². The maximum absolute atomic E-state index is 3.72. The first kappa shape index (κ1) is 7.33. The Hall–Kier alpha value is 1.33. The van der Waals surface area contributed by atoms with Crippen molar-refractivity contribution in [1.29, 1.82) is 0 Å². The summed E-state index contributed by atoms with van der Waals surface area (Å²) in [4.78, 5) is 3.72. The first-order chi connectivity index (χ1) is 2.50. The van der Waals surface area contributed by atoms with Gasteiger partial charge in [0.15, 0.2) is 0 Å². The van der Waals surface area contributed by atoms with Gasteiger partial charge in [0.25, 0.3) is 0 Å². The molecule has 0 unspecified atom stereocenters. The average Bonchev–Trinajstić information content (AvgIpc) is 1.76. The summed E-state index contributed by atoms with van der Waals surface area (Å²) in [6.45, 7) is 0. The summed E-state index contributed by atoms with van der Waals surface area (Å²) in [6, 6.07) is 3.78. The molecule has 1 aromatic rings. The van der Waals surface area contributed by atoms with Crippen molar-refractivity contribution in [2.24, 2.45) is 0 Å². The van der Waals surface area contributed by atoms with Crippen LogP contribution in [0.15, 0.2) is 24.5 Å². The van der Waals surface area contributed by atoms with Gasteiger partial charge in [-0.05, 0) is 0 Å². The third-order valence-corrected chi connectivity index (χ3v) is 0.455. The van der Waals surface area contributed by atoms with Crippen LogP contribution in [0.4, 0.5) is 0 Å². The van der Waals surface area contributed by atoms with Gasteiger partial charge in [-0.15, -0.1) is 0 Å². The number of aromatic nitrogens is 1. The van der Waals surface area contributed by atoms with Crippen LogP contribution in [0.5, 0.6) is 0 Å². The van der Waals surface area contributed by atoms with Gasteiger partial charge in [-0.25, -0.2) is 0 Å². The van der Waals surface area contributed by atoms with E-state index in [4.69, 9.17) is 0 Å². The third-order valence-electron chi connectivity index (χ3n) is 0.455. The van der Waals surface area contributed by atoms with Gasteiger partial charge in [-0.1, -0.05) is 12.1 Å². The summed E-state index contributed by atoms with van der Waals surface area (Å²) < 4.78 is 0. The molecular formula is C4H4CsN. The molecule has 0 amide bonds. The van der Waals surface area contributed by atoms with Gasteiger partial charge < -0.3 is 4.98 Å². The van der Waals surface area contributed by atoms with Gasteiger partial charge in [0.05, 0.1) is 0 Å². The van der Waals surface area contributed by atoms with Crippen LogP contribution in [0, 0.1) is 0 Å². The molecule has 0 spiro atoms. The van der Waals surface area contributed by atoms with Crippen molar-refractivity contribution < 1.29 is 68.9 Å². The van der Waals surface area contributed by atoms with Gasteiger partial charge >= 0.3 is 68.9 Å². The van der Waals surface area contributed by atoms with E-state index in [0.29, 0.717) is 0 Å². The SMILES string of the molecule is [Cs+].c1cc[n-]c1. The van der Waals surface area contributed by atoms with Crippen LogP contribution in [0.3, 0.4) is 0 Å². The van der Waals surface area contributed by atoms with Gasteiger partial charge in [0.2, 0.25) is 0 Å².